The van der Waals surface area contributed by atoms with Crippen molar-refractivity contribution in [3.8, 4) is 0 Å². The molecule has 0 aromatic heterocycles. The van der Waals surface area contributed by atoms with Gasteiger partial charge in [-0.05, 0) is 37.1 Å². The highest BCUT2D eigenvalue weighted by atomic mass is 16.2. The summed E-state index contributed by atoms with van der Waals surface area (Å²) in [6, 6.07) is 15.6. The van der Waals surface area contributed by atoms with Crippen molar-refractivity contribution >= 4 is 23.2 Å². The number of carbonyl (C=O) groups is 2. The third-order valence-corrected chi connectivity index (χ3v) is 4.48. The van der Waals surface area contributed by atoms with Crippen molar-refractivity contribution in [3.05, 3.63) is 59.7 Å². The van der Waals surface area contributed by atoms with Crippen LogP contribution in [0.3, 0.4) is 0 Å². The molecule has 1 atom stereocenters. The monoisotopic (exact) mass is 322 g/mol. The summed E-state index contributed by atoms with van der Waals surface area (Å²) in [5.41, 5.74) is 3.97. The summed E-state index contributed by atoms with van der Waals surface area (Å²) in [5.74, 6) is -0.396. The summed E-state index contributed by atoms with van der Waals surface area (Å²) in [7, 11) is 0. The van der Waals surface area contributed by atoms with Crippen LogP contribution in [0.5, 0.6) is 0 Å². The molecule has 3 rings (SSSR count). The number of benzene rings is 2. The molecule has 1 fully saturated rings. The van der Waals surface area contributed by atoms with Crippen LogP contribution in [0.1, 0.15) is 24.5 Å². The lowest BCUT2D eigenvalue weighted by molar-refractivity contribution is -0.122. The molecule has 1 aliphatic heterocycles. The quantitative estimate of drug-likeness (QED) is 0.936. The van der Waals surface area contributed by atoms with Crippen molar-refractivity contribution in [2.75, 3.05) is 16.8 Å². The zero-order valence-corrected chi connectivity index (χ0v) is 14.1. The van der Waals surface area contributed by atoms with E-state index >= 15 is 0 Å². The van der Waals surface area contributed by atoms with Gasteiger partial charge in [-0.3, -0.25) is 9.59 Å². The average molecular weight is 322 g/mol. The molecule has 2 aromatic rings. The van der Waals surface area contributed by atoms with Gasteiger partial charge in [0.05, 0.1) is 5.92 Å². The SMILES string of the molecule is CCc1ccccc1N1C[C@@H](C(=O)Nc2ccc(C)cc2)CC1=O. The predicted molar refractivity (Wildman–Crippen MR) is 96.1 cm³/mol. The number of amides is 2. The first-order valence-electron chi connectivity index (χ1n) is 8.34. The Balaban J connectivity index is 1.72. The Morgan fingerprint density at radius 2 is 1.88 bits per heavy atom. The van der Waals surface area contributed by atoms with E-state index in [4.69, 9.17) is 0 Å². The molecule has 0 spiro atoms. The molecule has 1 heterocycles. The van der Waals surface area contributed by atoms with Gasteiger partial charge in [0.25, 0.3) is 0 Å². The summed E-state index contributed by atoms with van der Waals surface area (Å²) in [5, 5.41) is 2.91. The third kappa shape index (κ3) is 3.32. The number of nitrogens with zero attached hydrogens (tertiary/aromatic N) is 1. The Morgan fingerprint density at radius 1 is 1.17 bits per heavy atom. The van der Waals surface area contributed by atoms with Crippen LogP contribution in [0.15, 0.2) is 48.5 Å². The standard InChI is InChI=1S/C20H22N2O2/c1-3-15-6-4-5-7-18(15)22-13-16(12-19(22)23)20(24)21-17-10-8-14(2)9-11-17/h4-11,16H,3,12-13H2,1-2H3,(H,21,24)/t16-/m0/s1. The summed E-state index contributed by atoms with van der Waals surface area (Å²) >= 11 is 0. The minimum atomic E-state index is -0.316. The Morgan fingerprint density at radius 3 is 2.58 bits per heavy atom. The summed E-state index contributed by atoms with van der Waals surface area (Å²) in [4.78, 5) is 26.6. The Labute approximate surface area is 142 Å². The Hall–Kier alpha value is -2.62. The number of para-hydroxylation sites is 1. The molecule has 2 aromatic carbocycles. The maximum absolute atomic E-state index is 12.5. The van der Waals surface area contributed by atoms with Crippen LogP contribution in [0.25, 0.3) is 0 Å². The smallest absolute Gasteiger partial charge is 0.229 e. The number of carbonyl (C=O) groups excluding carboxylic acids is 2. The van der Waals surface area contributed by atoms with Crippen LogP contribution in [-0.2, 0) is 16.0 Å². The Kier molecular flexibility index (Phi) is 4.65. The summed E-state index contributed by atoms with van der Waals surface area (Å²) < 4.78 is 0. The first kappa shape index (κ1) is 16.2. The zero-order chi connectivity index (χ0) is 17.1. The van der Waals surface area contributed by atoms with Crippen molar-refractivity contribution in [1.82, 2.24) is 0 Å². The molecule has 4 heteroatoms. The fourth-order valence-electron chi connectivity index (χ4n) is 3.07. The number of anilines is 2. The normalized spacial score (nSPS) is 17.2. The molecule has 1 saturated heterocycles. The van der Waals surface area contributed by atoms with Gasteiger partial charge in [0.1, 0.15) is 0 Å². The minimum Gasteiger partial charge on any atom is -0.326 e. The lowest BCUT2D eigenvalue weighted by Gasteiger charge is -2.20. The zero-order valence-electron chi connectivity index (χ0n) is 14.1. The molecule has 2 amide bonds. The van der Waals surface area contributed by atoms with Gasteiger partial charge in [-0.25, -0.2) is 0 Å². The lowest BCUT2D eigenvalue weighted by Crippen LogP contribution is -2.28. The van der Waals surface area contributed by atoms with Gasteiger partial charge in [-0.15, -0.1) is 0 Å². The van der Waals surface area contributed by atoms with Crippen LogP contribution in [0.4, 0.5) is 11.4 Å². The van der Waals surface area contributed by atoms with Crippen molar-refractivity contribution in [2.45, 2.75) is 26.7 Å². The van der Waals surface area contributed by atoms with Gasteiger partial charge < -0.3 is 10.2 Å². The Bertz CT molecular complexity index is 752. The van der Waals surface area contributed by atoms with E-state index in [1.807, 2.05) is 55.5 Å². The van der Waals surface area contributed by atoms with E-state index in [-0.39, 0.29) is 24.2 Å². The maximum atomic E-state index is 12.5. The molecular weight excluding hydrogens is 300 g/mol. The number of hydrogen-bond donors (Lipinski definition) is 1. The van der Waals surface area contributed by atoms with Gasteiger partial charge in [0.2, 0.25) is 11.8 Å². The number of rotatable bonds is 4. The molecule has 0 unspecified atom stereocenters. The van der Waals surface area contributed by atoms with Crippen LogP contribution >= 0.6 is 0 Å². The molecule has 4 nitrogen and oxygen atoms in total. The predicted octanol–water partition coefficient (Wildman–Crippen LogP) is 3.55. The van der Waals surface area contributed by atoms with Gasteiger partial charge in [-0.2, -0.15) is 0 Å². The fourth-order valence-corrected chi connectivity index (χ4v) is 3.07. The molecule has 1 aliphatic rings. The topological polar surface area (TPSA) is 49.4 Å². The first-order chi connectivity index (χ1) is 11.6. The number of nitrogens with one attached hydrogen (secondary N) is 1. The molecule has 0 aliphatic carbocycles. The number of hydrogen-bond acceptors (Lipinski definition) is 2. The van der Waals surface area contributed by atoms with Gasteiger partial charge >= 0.3 is 0 Å². The van der Waals surface area contributed by atoms with E-state index in [2.05, 4.69) is 12.2 Å². The maximum Gasteiger partial charge on any atom is 0.229 e. The van der Waals surface area contributed by atoms with Gasteiger partial charge in [0.15, 0.2) is 0 Å². The highest BCUT2D eigenvalue weighted by molar-refractivity contribution is 6.03. The number of aryl methyl sites for hydroxylation is 2. The molecule has 1 N–H and O–H groups in total. The van der Waals surface area contributed by atoms with Crippen molar-refractivity contribution in [3.63, 3.8) is 0 Å². The molecular formula is C20H22N2O2. The van der Waals surface area contributed by atoms with E-state index in [0.717, 1.165) is 28.9 Å². The van der Waals surface area contributed by atoms with E-state index in [0.29, 0.717) is 6.54 Å². The van der Waals surface area contributed by atoms with Crippen LogP contribution < -0.4 is 10.2 Å². The van der Waals surface area contributed by atoms with Crippen LogP contribution in [0, 0.1) is 12.8 Å². The summed E-state index contributed by atoms with van der Waals surface area (Å²) in [6.45, 7) is 4.51. The molecule has 24 heavy (non-hydrogen) atoms. The van der Waals surface area contributed by atoms with Crippen molar-refractivity contribution in [2.24, 2.45) is 5.92 Å². The van der Waals surface area contributed by atoms with Gasteiger partial charge in [0, 0.05) is 24.3 Å². The molecule has 0 bridgehead atoms. The van der Waals surface area contributed by atoms with E-state index in [9.17, 15) is 9.59 Å². The van der Waals surface area contributed by atoms with E-state index < -0.39 is 0 Å². The molecule has 0 saturated carbocycles. The molecule has 124 valence electrons. The highest BCUT2D eigenvalue weighted by Crippen LogP contribution is 2.29. The second-order valence-electron chi connectivity index (χ2n) is 6.24. The van der Waals surface area contributed by atoms with Crippen LogP contribution in [0.2, 0.25) is 0 Å². The average Bonchev–Trinajstić information content (AvgIpc) is 2.98. The molecule has 0 radical (unpaired) electrons. The van der Waals surface area contributed by atoms with Crippen molar-refractivity contribution < 1.29 is 9.59 Å². The second kappa shape index (κ2) is 6.87. The second-order valence-corrected chi connectivity index (χ2v) is 6.24. The van der Waals surface area contributed by atoms with Crippen LogP contribution in [-0.4, -0.2) is 18.4 Å². The lowest BCUT2D eigenvalue weighted by atomic mass is 10.1. The summed E-state index contributed by atoms with van der Waals surface area (Å²) in [6.07, 6.45) is 1.12. The first-order valence-corrected chi connectivity index (χ1v) is 8.34. The van der Waals surface area contributed by atoms with E-state index in [1.54, 1.807) is 4.90 Å². The minimum absolute atomic E-state index is 0.0138. The highest BCUT2D eigenvalue weighted by Gasteiger charge is 2.35. The van der Waals surface area contributed by atoms with Gasteiger partial charge in [-0.1, -0.05) is 42.8 Å². The largest absolute Gasteiger partial charge is 0.326 e. The van der Waals surface area contributed by atoms with E-state index in [1.165, 1.54) is 0 Å². The third-order valence-electron chi connectivity index (χ3n) is 4.48. The fraction of sp³-hybridized carbons (Fsp3) is 0.300. The van der Waals surface area contributed by atoms with Crippen molar-refractivity contribution in [1.29, 1.82) is 0 Å².